The van der Waals surface area contributed by atoms with Gasteiger partial charge in [-0.25, -0.2) is 0 Å². The lowest BCUT2D eigenvalue weighted by Crippen LogP contribution is -2.21. The van der Waals surface area contributed by atoms with Crippen LogP contribution < -0.4 is 10.2 Å². The van der Waals surface area contributed by atoms with Crippen LogP contribution in [0.25, 0.3) is 0 Å². The molecule has 0 spiro atoms. The molecule has 1 atom stereocenters. The van der Waals surface area contributed by atoms with Crippen LogP contribution in [0.15, 0.2) is 29.3 Å². The third kappa shape index (κ3) is 3.69. The minimum atomic E-state index is 0.456. The van der Waals surface area contributed by atoms with Gasteiger partial charge in [-0.3, -0.25) is 4.99 Å². The van der Waals surface area contributed by atoms with Crippen LogP contribution in [0, 0.1) is 5.92 Å². The van der Waals surface area contributed by atoms with E-state index in [9.17, 15) is 0 Å². The van der Waals surface area contributed by atoms with E-state index in [1.54, 1.807) is 0 Å². The van der Waals surface area contributed by atoms with Crippen LogP contribution in [0.4, 0.5) is 11.4 Å². The third-order valence-corrected chi connectivity index (χ3v) is 4.68. The lowest BCUT2D eigenvalue weighted by atomic mass is 10.1. The Morgan fingerprint density at radius 2 is 1.90 bits per heavy atom. The standard InChI is InChI=1S/C16H25N3S/c1-5-19(6-2)14-9-7-13(8-10-14)17-16-18-15(11-20-16)12(3)4/h7-10,12,15H,5-6,11H2,1-4H3,(H,17,18)/t15-/m1/s1. The van der Waals surface area contributed by atoms with E-state index < -0.39 is 0 Å². The van der Waals surface area contributed by atoms with Crippen molar-refractivity contribution in [1.29, 1.82) is 0 Å². The van der Waals surface area contributed by atoms with Gasteiger partial charge in [-0.1, -0.05) is 25.6 Å². The van der Waals surface area contributed by atoms with Crippen molar-refractivity contribution in [1.82, 2.24) is 0 Å². The van der Waals surface area contributed by atoms with E-state index in [0.29, 0.717) is 12.0 Å². The maximum absolute atomic E-state index is 4.73. The molecular formula is C16H25N3S. The SMILES string of the molecule is CCN(CC)c1ccc(NC2=N[C@@H](C(C)C)CS2)cc1. The van der Waals surface area contributed by atoms with Crippen molar-refractivity contribution in [3.63, 3.8) is 0 Å². The molecule has 0 fully saturated rings. The molecular weight excluding hydrogens is 266 g/mol. The Labute approximate surface area is 126 Å². The van der Waals surface area contributed by atoms with Gasteiger partial charge in [-0.2, -0.15) is 0 Å². The van der Waals surface area contributed by atoms with Gasteiger partial charge in [0.15, 0.2) is 5.17 Å². The van der Waals surface area contributed by atoms with Gasteiger partial charge < -0.3 is 10.2 Å². The van der Waals surface area contributed by atoms with E-state index in [1.807, 2.05) is 11.8 Å². The summed E-state index contributed by atoms with van der Waals surface area (Å²) in [6.07, 6.45) is 0. The van der Waals surface area contributed by atoms with Crippen molar-refractivity contribution in [2.75, 3.05) is 29.1 Å². The summed E-state index contributed by atoms with van der Waals surface area (Å²) in [7, 11) is 0. The highest BCUT2D eigenvalue weighted by Gasteiger charge is 2.20. The summed E-state index contributed by atoms with van der Waals surface area (Å²) in [6, 6.07) is 9.08. The number of hydrogen-bond donors (Lipinski definition) is 1. The zero-order valence-corrected chi connectivity index (χ0v) is 13.7. The predicted octanol–water partition coefficient (Wildman–Crippen LogP) is 4.07. The Kier molecular flexibility index (Phi) is 5.35. The van der Waals surface area contributed by atoms with E-state index in [4.69, 9.17) is 4.99 Å². The van der Waals surface area contributed by atoms with Gasteiger partial charge in [0.25, 0.3) is 0 Å². The molecule has 0 saturated carbocycles. The first-order chi connectivity index (χ1) is 9.63. The molecule has 0 aromatic heterocycles. The van der Waals surface area contributed by atoms with Gasteiger partial charge in [0.1, 0.15) is 0 Å². The van der Waals surface area contributed by atoms with Gasteiger partial charge >= 0.3 is 0 Å². The highest BCUT2D eigenvalue weighted by molar-refractivity contribution is 8.14. The lowest BCUT2D eigenvalue weighted by molar-refractivity contribution is 0.543. The van der Waals surface area contributed by atoms with Crippen LogP contribution >= 0.6 is 11.8 Å². The average molecular weight is 291 g/mol. The second-order valence-electron chi connectivity index (χ2n) is 5.40. The van der Waals surface area contributed by atoms with Gasteiger partial charge in [-0.15, -0.1) is 0 Å². The summed E-state index contributed by atoms with van der Waals surface area (Å²) in [5, 5.41) is 4.48. The van der Waals surface area contributed by atoms with Crippen molar-refractivity contribution >= 4 is 28.3 Å². The second kappa shape index (κ2) is 7.02. The van der Waals surface area contributed by atoms with E-state index in [-0.39, 0.29) is 0 Å². The number of hydrogen-bond acceptors (Lipinski definition) is 4. The molecule has 1 aliphatic heterocycles. The highest BCUT2D eigenvalue weighted by atomic mass is 32.2. The van der Waals surface area contributed by atoms with Crippen LogP contribution in [-0.4, -0.2) is 30.1 Å². The Balaban J connectivity index is 1.99. The summed E-state index contributed by atoms with van der Waals surface area (Å²) < 4.78 is 0. The lowest BCUT2D eigenvalue weighted by Gasteiger charge is -2.21. The largest absolute Gasteiger partial charge is 0.372 e. The molecule has 2 rings (SSSR count). The smallest absolute Gasteiger partial charge is 0.161 e. The maximum atomic E-state index is 4.73. The molecule has 20 heavy (non-hydrogen) atoms. The molecule has 0 bridgehead atoms. The van der Waals surface area contributed by atoms with Crippen LogP contribution in [0.3, 0.4) is 0 Å². The molecule has 1 heterocycles. The van der Waals surface area contributed by atoms with Gasteiger partial charge in [0.2, 0.25) is 0 Å². The van der Waals surface area contributed by atoms with Crippen molar-refractivity contribution < 1.29 is 0 Å². The number of thioether (sulfide) groups is 1. The van der Waals surface area contributed by atoms with Crippen molar-refractivity contribution in [2.24, 2.45) is 10.9 Å². The van der Waals surface area contributed by atoms with Crippen LogP contribution in [0.2, 0.25) is 0 Å². The van der Waals surface area contributed by atoms with Gasteiger partial charge in [0, 0.05) is 30.2 Å². The summed E-state index contributed by atoms with van der Waals surface area (Å²) in [6.45, 7) is 10.9. The molecule has 0 amide bonds. The van der Waals surface area contributed by atoms with E-state index in [1.165, 1.54) is 5.69 Å². The number of nitrogens with one attached hydrogen (secondary N) is 1. The second-order valence-corrected chi connectivity index (χ2v) is 6.41. The van der Waals surface area contributed by atoms with Gasteiger partial charge in [-0.05, 0) is 44.0 Å². The number of nitrogens with zero attached hydrogens (tertiary/aromatic N) is 2. The first-order valence-corrected chi connectivity index (χ1v) is 8.45. The zero-order chi connectivity index (χ0) is 14.5. The maximum Gasteiger partial charge on any atom is 0.161 e. The Morgan fingerprint density at radius 3 is 2.40 bits per heavy atom. The summed E-state index contributed by atoms with van der Waals surface area (Å²) in [4.78, 5) is 7.08. The average Bonchev–Trinajstić information content (AvgIpc) is 2.91. The zero-order valence-electron chi connectivity index (χ0n) is 12.9. The van der Waals surface area contributed by atoms with Crippen LogP contribution in [0.5, 0.6) is 0 Å². The van der Waals surface area contributed by atoms with Crippen molar-refractivity contribution in [2.45, 2.75) is 33.7 Å². The molecule has 1 aliphatic rings. The molecule has 0 saturated heterocycles. The number of rotatable bonds is 5. The van der Waals surface area contributed by atoms with Crippen LogP contribution in [-0.2, 0) is 0 Å². The highest BCUT2D eigenvalue weighted by Crippen LogP contribution is 2.25. The molecule has 1 aromatic carbocycles. The number of benzene rings is 1. The normalized spacial score (nSPS) is 18.2. The minimum Gasteiger partial charge on any atom is -0.372 e. The minimum absolute atomic E-state index is 0.456. The monoisotopic (exact) mass is 291 g/mol. The molecule has 0 unspecified atom stereocenters. The molecule has 1 aromatic rings. The van der Waals surface area contributed by atoms with Gasteiger partial charge in [0.05, 0.1) is 6.04 Å². The number of anilines is 2. The topological polar surface area (TPSA) is 27.6 Å². The number of aliphatic imine (C=N–C) groups is 1. The molecule has 4 heteroatoms. The van der Waals surface area contributed by atoms with Crippen LogP contribution in [0.1, 0.15) is 27.7 Å². The van der Waals surface area contributed by atoms with E-state index in [0.717, 1.165) is 29.7 Å². The summed E-state index contributed by atoms with van der Waals surface area (Å²) in [5.41, 5.74) is 2.40. The first-order valence-electron chi connectivity index (χ1n) is 7.46. The fourth-order valence-electron chi connectivity index (χ4n) is 2.27. The fourth-order valence-corrected chi connectivity index (χ4v) is 3.46. The summed E-state index contributed by atoms with van der Waals surface area (Å²) >= 11 is 1.82. The first kappa shape index (κ1) is 15.2. The Morgan fingerprint density at radius 1 is 1.25 bits per heavy atom. The van der Waals surface area contributed by atoms with Crippen molar-refractivity contribution in [3.8, 4) is 0 Å². The fraction of sp³-hybridized carbons (Fsp3) is 0.562. The Bertz CT molecular complexity index is 449. The van der Waals surface area contributed by atoms with Crippen molar-refractivity contribution in [3.05, 3.63) is 24.3 Å². The molecule has 0 radical (unpaired) electrons. The van der Waals surface area contributed by atoms with E-state index >= 15 is 0 Å². The summed E-state index contributed by atoms with van der Waals surface area (Å²) in [5.74, 6) is 1.71. The van der Waals surface area contributed by atoms with E-state index in [2.05, 4.69) is 62.2 Å². The quantitative estimate of drug-likeness (QED) is 0.886. The molecule has 3 nitrogen and oxygen atoms in total. The third-order valence-electron chi connectivity index (χ3n) is 3.69. The molecule has 1 N–H and O–H groups in total. The molecule has 110 valence electrons. The number of amidine groups is 1. The predicted molar refractivity (Wildman–Crippen MR) is 92.1 cm³/mol. The Hall–Kier alpha value is -1.16. The molecule has 0 aliphatic carbocycles.